The van der Waals surface area contributed by atoms with Crippen LogP contribution in [0, 0.1) is 11.6 Å². The lowest BCUT2D eigenvalue weighted by Gasteiger charge is -2.50. The van der Waals surface area contributed by atoms with Gasteiger partial charge in [0.25, 0.3) is 11.5 Å². The molecule has 4 aliphatic rings. The lowest BCUT2D eigenvalue weighted by atomic mass is 9.94. The predicted molar refractivity (Wildman–Crippen MR) is 182 cm³/mol. The maximum absolute atomic E-state index is 17.6. The van der Waals surface area contributed by atoms with Crippen LogP contribution in [-0.2, 0) is 9.59 Å². The number of halogens is 3. The quantitative estimate of drug-likeness (QED) is 0.255. The van der Waals surface area contributed by atoms with E-state index in [1.54, 1.807) is 9.80 Å². The number of anilines is 2. The van der Waals surface area contributed by atoms with E-state index >= 15 is 13.6 Å². The van der Waals surface area contributed by atoms with Crippen LogP contribution in [0.15, 0.2) is 48.0 Å². The Kier molecular flexibility index (Phi) is 7.29. The zero-order valence-corrected chi connectivity index (χ0v) is 27.7. The Morgan fingerprint density at radius 2 is 1.71 bits per heavy atom. The Morgan fingerprint density at radius 1 is 1.04 bits per heavy atom. The van der Waals surface area contributed by atoms with Gasteiger partial charge in [-0.3, -0.25) is 19.0 Å². The van der Waals surface area contributed by atoms with Crippen LogP contribution in [0.5, 0.6) is 5.75 Å². The molecule has 0 unspecified atom stereocenters. The first-order valence-corrected chi connectivity index (χ1v) is 16.9. The molecule has 0 radical (unpaired) electrons. The second kappa shape index (κ2) is 11.4. The minimum absolute atomic E-state index is 0.0244. The molecule has 2 amide bonds. The molecule has 10 nitrogen and oxygen atoms in total. The Labute approximate surface area is 285 Å². The second-order valence-corrected chi connectivity index (χ2v) is 13.7. The number of carbonyl (C=O) groups is 2. The molecule has 13 heteroatoms. The molecule has 0 spiro atoms. The van der Waals surface area contributed by atoms with Crippen molar-refractivity contribution >= 4 is 45.7 Å². The Morgan fingerprint density at radius 3 is 2.31 bits per heavy atom. The number of aromatic hydroxyl groups is 1. The summed E-state index contributed by atoms with van der Waals surface area (Å²) < 4.78 is 34.2. The SMILES string of the molecule is C=CC(=O)N1C[C@@H]2C(=O)N(C)c3c(c4cc(Cl)c(-c5c(O)cccc5F)c(F)c4n(-c4c(C5CC5)ncnc4C4CC4)c3=O)N2C[C@H]1CC. The van der Waals surface area contributed by atoms with Gasteiger partial charge in [0.1, 0.15) is 29.6 Å². The van der Waals surface area contributed by atoms with Crippen LogP contribution in [-0.4, -0.2) is 68.6 Å². The number of likely N-dealkylation sites (N-methyl/N-ethyl adjacent to an activating group) is 1. The van der Waals surface area contributed by atoms with E-state index in [2.05, 4.69) is 16.5 Å². The molecular weight excluding hydrogens is 654 g/mol. The Hall–Kier alpha value is -4.84. The average Bonchev–Trinajstić information content (AvgIpc) is 4.01. The summed E-state index contributed by atoms with van der Waals surface area (Å²) in [5, 5.41) is 10.8. The van der Waals surface area contributed by atoms with Gasteiger partial charge in [0.2, 0.25) is 5.91 Å². The maximum atomic E-state index is 17.6. The number of phenols is 1. The topological polar surface area (TPSA) is 112 Å². The van der Waals surface area contributed by atoms with Gasteiger partial charge in [-0.05, 0) is 56.4 Å². The Balaban J connectivity index is 1.51. The van der Waals surface area contributed by atoms with E-state index in [-0.39, 0.29) is 64.2 Å². The van der Waals surface area contributed by atoms with E-state index in [4.69, 9.17) is 11.6 Å². The predicted octanol–water partition coefficient (Wildman–Crippen LogP) is 5.80. The molecule has 4 aromatic rings. The van der Waals surface area contributed by atoms with Crippen LogP contribution in [0.1, 0.15) is 62.3 Å². The molecule has 3 fully saturated rings. The number of benzene rings is 2. The number of rotatable bonds is 6. The highest BCUT2D eigenvalue weighted by atomic mass is 35.5. The highest BCUT2D eigenvalue weighted by Gasteiger charge is 2.47. The first-order chi connectivity index (χ1) is 23.6. The molecule has 1 N–H and O–H groups in total. The third-order valence-electron chi connectivity index (χ3n) is 10.3. The molecule has 1 saturated heterocycles. The van der Waals surface area contributed by atoms with E-state index in [0.717, 1.165) is 31.7 Å². The molecule has 2 aromatic carbocycles. The molecular formula is C36H33ClF2N6O4. The zero-order chi connectivity index (χ0) is 34.5. The molecule has 2 atom stereocenters. The number of pyridine rings is 1. The molecule has 2 aliphatic carbocycles. The summed E-state index contributed by atoms with van der Waals surface area (Å²) >= 11 is 6.84. The van der Waals surface area contributed by atoms with Crippen molar-refractivity contribution in [3.05, 3.63) is 81.6 Å². The third kappa shape index (κ3) is 4.67. The summed E-state index contributed by atoms with van der Waals surface area (Å²) in [7, 11) is 1.50. The highest BCUT2D eigenvalue weighted by molar-refractivity contribution is 6.35. The highest BCUT2D eigenvalue weighted by Crippen LogP contribution is 2.51. The minimum atomic E-state index is -1.02. The van der Waals surface area contributed by atoms with Crippen molar-refractivity contribution in [1.29, 1.82) is 0 Å². The lowest BCUT2D eigenvalue weighted by Crippen LogP contribution is -2.66. The smallest absolute Gasteiger partial charge is 0.281 e. The van der Waals surface area contributed by atoms with Gasteiger partial charge in [-0.15, -0.1) is 0 Å². The van der Waals surface area contributed by atoms with Crippen molar-refractivity contribution in [3.63, 3.8) is 0 Å². The standard InChI is InChI=1S/C36H33ClF2N6O4/c1-4-19-14-44-23(15-43(19)25(47)5-2)35(48)42(3)34-32(44)20-13-21(37)26(27-22(38)7-6-8-24(27)46)28(39)31(20)45(36(34)49)33-29(17-9-10-17)40-16-41-30(33)18-11-12-18/h5-8,13,16-19,23,46H,2,4,9-12,14-15H2,1,3H3/t19-,23-/m1/s1. The summed E-state index contributed by atoms with van der Waals surface area (Å²) in [6.07, 6.45) is 6.56. The number of aromatic nitrogens is 3. The van der Waals surface area contributed by atoms with Gasteiger partial charge in [-0.2, -0.15) is 0 Å². The van der Waals surface area contributed by atoms with Crippen molar-refractivity contribution in [2.45, 2.75) is 62.9 Å². The van der Waals surface area contributed by atoms with Crippen molar-refractivity contribution in [3.8, 4) is 22.6 Å². The molecule has 4 heterocycles. The van der Waals surface area contributed by atoms with Crippen molar-refractivity contribution in [2.75, 3.05) is 29.9 Å². The van der Waals surface area contributed by atoms with Crippen molar-refractivity contribution < 1.29 is 23.5 Å². The summed E-state index contributed by atoms with van der Waals surface area (Å²) in [5.74, 6) is -3.09. The number of hydrogen-bond acceptors (Lipinski definition) is 7. The molecule has 8 rings (SSSR count). The fraction of sp³-hybridized carbons (Fsp3) is 0.361. The van der Waals surface area contributed by atoms with Gasteiger partial charge in [0.05, 0.1) is 45.4 Å². The van der Waals surface area contributed by atoms with Gasteiger partial charge >= 0.3 is 0 Å². The molecule has 2 saturated carbocycles. The first kappa shape index (κ1) is 31.4. The average molecular weight is 687 g/mol. The summed E-state index contributed by atoms with van der Waals surface area (Å²) in [6.45, 7) is 5.75. The van der Waals surface area contributed by atoms with Crippen LogP contribution >= 0.6 is 11.6 Å². The van der Waals surface area contributed by atoms with Gasteiger partial charge in [-0.1, -0.05) is 31.2 Å². The van der Waals surface area contributed by atoms with Gasteiger partial charge in [0.15, 0.2) is 5.82 Å². The monoisotopic (exact) mass is 686 g/mol. The number of amides is 2. The number of piperazine rings is 1. The largest absolute Gasteiger partial charge is 0.507 e. The number of carbonyl (C=O) groups excluding carboxylic acids is 2. The molecule has 0 bridgehead atoms. The van der Waals surface area contributed by atoms with Crippen molar-refractivity contribution in [2.24, 2.45) is 0 Å². The van der Waals surface area contributed by atoms with Crippen LogP contribution in [0.3, 0.4) is 0 Å². The minimum Gasteiger partial charge on any atom is -0.507 e. The van der Waals surface area contributed by atoms with Crippen LogP contribution in [0.25, 0.3) is 27.7 Å². The summed E-state index contributed by atoms with van der Waals surface area (Å²) in [6, 6.07) is 3.87. The Bertz CT molecular complexity index is 2130. The zero-order valence-electron chi connectivity index (χ0n) is 26.9. The number of fused-ring (bicyclic) bond motifs is 5. The molecule has 49 heavy (non-hydrogen) atoms. The van der Waals surface area contributed by atoms with Gasteiger partial charge in [0, 0.05) is 42.4 Å². The number of nitrogens with zero attached hydrogens (tertiary/aromatic N) is 6. The van der Waals surface area contributed by atoms with E-state index in [0.29, 0.717) is 23.5 Å². The van der Waals surface area contributed by atoms with E-state index in [1.165, 1.54) is 47.1 Å². The number of phenolic OH excluding ortho intramolecular Hbond substituents is 1. The van der Waals surface area contributed by atoms with Crippen molar-refractivity contribution in [1.82, 2.24) is 19.4 Å². The van der Waals surface area contributed by atoms with E-state index in [1.807, 2.05) is 6.92 Å². The van der Waals surface area contributed by atoms with Crippen LogP contribution < -0.4 is 15.4 Å². The van der Waals surface area contributed by atoms with Gasteiger partial charge < -0.3 is 19.8 Å². The normalized spacial score (nSPS) is 20.4. The van der Waals surface area contributed by atoms with E-state index < -0.39 is 46.0 Å². The first-order valence-electron chi connectivity index (χ1n) is 16.5. The third-order valence-corrected chi connectivity index (χ3v) is 10.6. The summed E-state index contributed by atoms with van der Waals surface area (Å²) in [5.41, 5.74) is 0.190. The maximum Gasteiger partial charge on any atom is 0.281 e. The van der Waals surface area contributed by atoms with Crippen LogP contribution in [0.2, 0.25) is 5.02 Å². The molecule has 252 valence electrons. The fourth-order valence-corrected chi connectivity index (χ4v) is 7.89. The molecule has 2 aliphatic heterocycles. The lowest BCUT2D eigenvalue weighted by molar-refractivity contribution is -0.131. The number of hydrogen-bond donors (Lipinski definition) is 1. The summed E-state index contributed by atoms with van der Waals surface area (Å²) in [4.78, 5) is 56.0. The fourth-order valence-electron chi connectivity index (χ4n) is 7.60. The second-order valence-electron chi connectivity index (χ2n) is 13.3. The molecule has 2 aromatic heterocycles. The van der Waals surface area contributed by atoms with Gasteiger partial charge in [-0.25, -0.2) is 18.7 Å². The van der Waals surface area contributed by atoms with Crippen LogP contribution in [0.4, 0.5) is 20.2 Å². The van der Waals surface area contributed by atoms with E-state index in [9.17, 15) is 14.7 Å².